The number of aromatic hydroxyl groups is 1. The first kappa shape index (κ1) is 21.6. The van der Waals surface area contributed by atoms with E-state index in [0.29, 0.717) is 16.5 Å². The fraction of sp³-hybridized carbons (Fsp3) is 0.111. The molecule has 0 saturated heterocycles. The van der Waals surface area contributed by atoms with Gasteiger partial charge in [0.05, 0.1) is 17.7 Å². The standard InChI is InChI=1S/C18H18N2O8S2/c1-10-7-14(16(28-2)9-17(10)30(25,26)27)19-20-18-13-5-4-12(29(22,23)24)8-11(13)3-6-15(18)21/h3-9,19-21H,1-2H3,(H,22,23,24)(H,25,26,27). The molecular weight excluding hydrogens is 436 g/mol. The molecule has 0 spiro atoms. The Bertz CT molecular complexity index is 1350. The Hall–Kier alpha value is -3.06. The van der Waals surface area contributed by atoms with Gasteiger partial charge in [0.2, 0.25) is 0 Å². The Labute approximate surface area is 172 Å². The van der Waals surface area contributed by atoms with Gasteiger partial charge in [-0.15, -0.1) is 0 Å². The number of hydrogen-bond acceptors (Lipinski definition) is 8. The fourth-order valence-electron chi connectivity index (χ4n) is 2.93. The van der Waals surface area contributed by atoms with Crippen LogP contribution in [0.15, 0.2) is 52.3 Å². The Balaban J connectivity index is 2.01. The van der Waals surface area contributed by atoms with Crippen molar-refractivity contribution >= 4 is 42.4 Å². The second-order valence-corrected chi connectivity index (χ2v) is 9.17. The van der Waals surface area contributed by atoms with E-state index < -0.39 is 20.2 Å². The molecule has 0 saturated carbocycles. The Morgan fingerprint density at radius 2 is 1.60 bits per heavy atom. The van der Waals surface area contributed by atoms with Crippen molar-refractivity contribution < 1.29 is 35.8 Å². The van der Waals surface area contributed by atoms with E-state index >= 15 is 0 Å². The van der Waals surface area contributed by atoms with Crippen LogP contribution in [-0.2, 0) is 20.2 Å². The maximum absolute atomic E-state index is 11.5. The highest BCUT2D eigenvalue weighted by atomic mass is 32.2. The van der Waals surface area contributed by atoms with E-state index in [4.69, 9.17) is 4.74 Å². The van der Waals surface area contributed by atoms with E-state index in [-0.39, 0.29) is 32.5 Å². The number of anilines is 2. The van der Waals surface area contributed by atoms with E-state index in [1.165, 1.54) is 50.4 Å². The van der Waals surface area contributed by atoms with Crippen LogP contribution in [0.2, 0.25) is 0 Å². The van der Waals surface area contributed by atoms with Crippen molar-refractivity contribution in [3.8, 4) is 11.5 Å². The van der Waals surface area contributed by atoms with Crippen LogP contribution in [0.4, 0.5) is 11.4 Å². The topological polar surface area (TPSA) is 162 Å². The smallest absolute Gasteiger partial charge is 0.294 e. The molecule has 30 heavy (non-hydrogen) atoms. The van der Waals surface area contributed by atoms with Crippen LogP contribution < -0.4 is 15.6 Å². The molecular formula is C18H18N2O8S2. The molecule has 0 aromatic heterocycles. The van der Waals surface area contributed by atoms with Crippen molar-refractivity contribution in [2.45, 2.75) is 16.7 Å². The van der Waals surface area contributed by atoms with Gasteiger partial charge < -0.3 is 9.84 Å². The first-order valence-corrected chi connectivity index (χ1v) is 11.2. The van der Waals surface area contributed by atoms with Gasteiger partial charge in [-0.3, -0.25) is 20.0 Å². The van der Waals surface area contributed by atoms with E-state index in [2.05, 4.69) is 10.9 Å². The number of aryl methyl sites for hydroxylation is 1. The third-order valence-electron chi connectivity index (χ3n) is 4.36. The number of benzene rings is 3. The summed E-state index contributed by atoms with van der Waals surface area (Å²) in [5.41, 5.74) is 6.35. The Morgan fingerprint density at radius 1 is 0.900 bits per heavy atom. The van der Waals surface area contributed by atoms with Crippen LogP contribution in [0.5, 0.6) is 11.5 Å². The van der Waals surface area contributed by atoms with Crippen molar-refractivity contribution in [3.63, 3.8) is 0 Å². The summed E-state index contributed by atoms with van der Waals surface area (Å²) in [6.07, 6.45) is 0. The summed E-state index contributed by atoms with van der Waals surface area (Å²) in [6.45, 7) is 1.49. The van der Waals surface area contributed by atoms with Crippen molar-refractivity contribution in [2.75, 3.05) is 18.0 Å². The van der Waals surface area contributed by atoms with Crippen molar-refractivity contribution in [1.82, 2.24) is 0 Å². The maximum atomic E-state index is 11.5. The van der Waals surface area contributed by atoms with E-state index in [0.717, 1.165) is 6.07 Å². The van der Waals surface area contributed by atoms with E-state index in [9.17, 15) is 31.0 Å². The molecule has 5 N–H and O–H groups in total. The maximum Gasteiger partial charge on any atom is 0.294 e. The molecule has 0 fully saturated rings. The third-order valence-corrected chi connectivity index (χ3v) is 6.21. The molecule has 3 aromatic carbocycles. The normalized spacial score (nSPS) is 12.0. The molecule has 0 unspecified atom stereocenters. The average molecular weight is 454 g/mol. The lowest BCUT2D eigenvalue weighted by atomic mass is 10.1. The number of methoxy groups -OCH3 is 1. The summed E-state index contributed by atoms with van der Waals surface area (Å²) in [5.74, 6) is -0.0473. The first-order valence-electron chi connectivity index (χ1n) is 8.33. The van der Waals surface area contributed by atoms with Crippen LogP contribution >= 0.6 is 0 Å². The number of hydrazine groups is 1. The molecule has 0 aliphatic rings. The molecule has 0 heterocycles. The van der Waals surface area contributed by atoms with Gasteiger partial charge in [0.25, 0.3) is 20.2 Å². The molecule has 0 aliphatic carbocycles. The molecule has 3 rings (SSSR count). The van der Waals surface area contributed by atoms with Crippen LogP contribution in [0.3, 0.4) is 0 Å². The van der Waals surface area contributed by atoms with Gasteiger partial charge in [0.15, 0.2) is 0 Å². The third kappa shape index (κ3) is 4.26. The summed E-state index contributed by atoms with van der Waals surface area (Å²) in [7, 11) is -7.51. The summed E-state index contributed by atoms with van der Waals surface area (Å²) in [4.78, 5) is -0.603. The second-order valence-electron chi connectivity index (χ2n) is 6.36. The number of hydrogen-bond donors (Lipinski definition) is 5. The lowest BCUT2D eigenvalue weighted by Gasteiger charge is -2.17. The molecule has 10 nitrogen and oxygen atoms in total. The van der Waals surface area contributed by atoms with Crippen molar-refractivity contribution in [2.24, 2.45) is 0 Å². The zero-order chi connectivity index (χ0) is 22.3. The average Bonchev–Trinajstić information content (AvgIpc) is 2.65. The number of phenolic OH excluding ortho intramolecular Hbond substituents is 1. The number of rotatable bonds is 6. The fourth-order valence-corrected chi connectivity index (χ4v) is 4.17. The second kappa shape index (κ2) is 7.65. The minimum absolute atomic E-state index is 0.106. The zero-order valence-corrected chi connectivity index (χ0v) is 17.4. The molecule has 0 bridgehead atoms. The number of fused-ring (bicyclic) bond motifs is 1. The van der Waals surface area contributed by atoms with E-state index in [1.54, 1.807) is 0 Å². The SMILES string of the molecule is COc1cc(S(=O)(=O)O)c(C)cc1NNc1c(O)ccc2cc(S(=O)(=O)O)ccc12. The van der Waals surface area contributed by atoms with Gasteiger partial charge in [-0.25, -0.2) is 0 Å². The molecule has 0 aliphatic heterocycles. The highest BCUT2D eigenvalue weighted by Crippen LogP contribution is 2.35. The predicted molar refractivity (Wildman–Crippen MR) is 110 cm³/mol. The Morgan fingerprint density at radius 3 is 2.20 bits per heavy atom. The van der Waals surface area contributed by atoms with Crippen molar-refractivity contribution in [3.05, 3.63) is 48.0 Å². The predicted octanol–water partition coefficient (Wildman–Crippen LogP) is 2.79. The number of nitrogens with one attached hydrogen (secondary N) is 2. The minimum Gasteiger partial charge on any atom is -0.506 e. The number of ether oxygens (including phenoxy) is 1. The quantitative estimate of drug-likeness (QED) is 0.213. The first-order chi connectivity index (χ1) is 13.9. The number of phenols is 1. The highest BCUT2D eigenvalue weighted by Gasteiger charge is 2.18. The van der Waals surface area contributed by atoms with Crippen molar-refractivity contribution in [1.29, 1.82) is 0 Å². The molecule has 160 valence electrons. The monoisotopic (exact) mass is 454 g/mol. The largest absolute Gasteiger partial charge is 0.506 e. The lowest BCUT2D eigenvalue weighted by molar-refractivity contribution is 0.414. The minimum atomic E-state index is -4.44. The lowest BCUT2D eigenvalue weighted by Crippen LogP contribution is -2.12. The molecule has 12 heteroatoms. The summed E-state index contributed by atoms with van der Waals surface area (Å²) < 4.78 is 69.3. The Kier molecular flexibility index (Phi) is 5.52. The van der Waals surface area contributed by atoms with Gasteiger partial charge in [0, 0.05) is 11.5 Å². The zero-order valence-electron chi connectivity index (χ0n) is 15.7. The van der Waals surface area contributed by atoms with Crippen LogP contribution in [0.25, 0.3) is 10.8 Å². The van der Waals surface area contributed by atoms with Gasteiger partial charge in [-0.05, 0) is 42.1 Å². The van der Waals surface area contributed by atoms with E-state index in [1.807, 2.05) is 0 Å². The van der Waals surface area contributed by atoms with Gasteiger partial charge in [-0.1, -0.05) is 12.1 Å². The van der Waals surface area contributed by atoms with Gasteiger partial charge in [0.1, 0.15) is 22.1 Å². The van der Waals surface area contributed by atoms with Gasteiger partial charge in [-0.2, -0.15) is 16.8 Å². The molecule has 0 radical (unpaired) electrons. The molecule has 3 aromatic rings. The highest BCUT2D eigenvalue weighted by molar-refractivity contribution is 7.86. The van der Waals surface area contributed by atoms with Crippen LogP contribution in [-0.4, -0.2) is 38.2 Å². The van der Waals surface area contributed by atoms with Crippen LogP contribution in [0.1, 0.15) is 5.56 Å². The molecule has 0 amide bonds. The van der Waals surface area contributed by atoms with Crippen LogP contribution in [0, 0.1) is 6.92 Å². The molecule has 0 atom stereocenters. The summed E-state index contributed by atoms with van der Waals surface area (Å²) in [5, 5.41) is 11.1. The summed E-state index contributed by atoms with van der Waals surface area (Å²) in [6, 6.07) is 9.24. The van der Waals surface area contributed by atoms with Gasteiger partial charge >= 0.3 is 0 Å². The summed E-state index contributed by atoms with van der Waals surface area (Å²) >= 11 is 0.